The van der Waals surface area contributed by atoms with Crippen LogP contribution in [-0.2, 0) is 7.05 Å². The van der Waals surface area contributed by atoms with E-state index in [-0.39, 0.29) is 0 Å². The fraction of sp³-hybridized carbons (Fsp3) is 0.0455. The fourth-order valence-corrected chi connectivity index (χ4v) is 3.12. The third kappa shape index (κ3) is 6.56. The molecule has 0 atom stereocenters. The number of benzene rings is 3. The van der Waals surface area contributed by atoms with Gasteiger partial charge in [0, 0.05) is 12.1 Å². The normalized spacial score (nSPS) is 13.7. The maximum atomic E-state index is 9.87. The zero-order chi connectivity index (χ0) is 22.1. The molecule has 0 bridgehead atoms. The Balaban J connectivity index is 0.000000318. The van der Waals surface area contributed by atoms with Gasteiger partial charge in [-0.1, -0.05) is 66.7 Å². The molecule has 1 nitrogen and oxygen atoms in total. The monoisotopic (exact) mass is 441 g/mol. The summed E-state index contributed by atoms with van der Waals surface area (Å²) >= 11 is 0. The number of halogens is 6. The molecule has 1 aromatic heterocycles. The summed E-state index contributed by atoms with van der Waals surface area (Å²) in [6.45, 7) is 0. The van der Waals surface area contributed by atoms with E-state index in [0.717, 1.165) is 0 Å². The molecule has 3 aromatic carbocycles. The van der Waals surface area contributed by atoms with Crippen LogP contribution in [0.1, 0.15) is 0 Å². The maximum absolute atomic E-state index is 10.7. The molecule has 0 amide bonds. The number of nitrogens with zero attached hydrogens (tertiary/aromatic N) is 1. The summed E-state index contributed by atoms with van der Waals surface area (Å²) in [6, 6.07) is 28.0. The Morgan fingerprint density at radius 1 is 0.567 bits per heavy atom. The van der Waals surface area contributed by atoms with Crippen molar-refractivity contribution in [3.63, 3.8) is 0 Å². The molecular weight excluding hydrogens is 423 g/mol. The number of fused-ring (bicyclic) bond motifs is 1. The average molecular weight is 441 g/mol. The molecule has 1 heterocycles. The SMILES string of the molecule is C[n+]1ccc(-c2cccc3cccc(-c4ccccc4)c23)cc1.F[P-](F)(F)(F)(F)F. The van der Waals surface area contributed by atoms with Crippen LogP contribution in [0.2, 0.25) is 0 Å². The van der Waals surface area contributed by atoms with Gasteiger partial charge in [-0.15, -0.1) is 0 Å². The molecule has 8 heteroatoms. The van der Waals surface area contributed by atoms with Crippen molar-refractivity contribution < 1.29 is 29.7 Å². The summed E-state index contributed by atoms with van der Waals surface area (Å²) in [6.07, 6.45) is 4.19. The van der Waals surface area contributed by atoms with Gasteiger partial charge in [-0.3, -0.25) is 0 Å². The quantitative estimate of drug-likeness (QED) is 0.167. The Morgan fingerprint density at radius 2 is 1.00 bits per heavy atom. The van der Waals surface area contributed by atoms with E-state index in [9.17, 15) is 25.2 Å². The average Bonchev–Trinajstić information content (AvgIpc) is 2.66. The van der Waals surface area contributed by atoms with E-state index < -0.39 is 7.81 Å². The molecule has 4 rings (SSSR count). The zero-order valence-electron chi connectivity index (χ0n) is 15.8. The second-order valence-electron chi connectivity index (χ2n) is 6.79. The van der Waals surface area contributed by atoms with E-state index in [0.29, 0.717) is 0 Å². The molecule has 0 saturated heterocycles. The van der Waals surface area contributed by atoms with Gasteiger partial charge in [-0.05, 0) is 33.0 Å². The fourth-order valence-electron chi connectivity index (χ4n) is 3.12. The third-order valence-electron chi connectivity index (χ3n) is 4.28. The zero-order valence-corrected chi connectivity index (χ0v) is 16.7. The Morgan fingerprint density at radius 3 is 1.47 bits per heavy atom. The number of rotatable bonds is 2. The van der Waals surface area contributed by atoms with Gasteiger partial charge in [-0.2, -0.15) is 0 Å². The van der Waals surface area contributed by atoms with Crippen LogP contribution in [0, 0.1) is 0 Å². The molecule has 0 spiro atoms. The predicted molar refractivity (Wildman–Crippen MR) is 110 cm³/mol. The molecule has 158 valence electrons. The van der Waals surface area contributed by atoms with E-state index in [1.54, 1.807) is 0 Å². The third-order valence-corrected chi connectivity index (χ3v) is 4.28. The van der Waals surface area contributed by atoms with Crippen LogP contribution in [0.4, 0.5) is 25.2 Å². The van der Waals surface area contributed by atoms with Gasteiger partial charge in [-0.25, -0.2) is 4.57 Å². The first-order chi connectivity index (χ1) is 13.8. The Hall–Kier alpha value is -2.92. The van der Waals surface area contributed by atoms with Gasteiger partial charge >= 0.3 is 33.0 Å². The van der Waals surface area contributed by atoms with E-state index in [2.05, 4.69) is 95.8 Å². The first-order valence-corrected chi connectivity index (χ1v) is 10.9. The summed E-state index contributed by atoms with van der Waals surface area (Å²) in [5.74, 6) is 0. The summed E-state index contributed by atoms with van der Waals surface area (Å²) < 4.78 is 61.3. The Labute approximate surface area is 169 Å². The number of aromatic nitrogens is 1. The predicted octanol–water partition coefficient (Wildman–Crippen LogP) is 8.38. The van der Waals surface area contributed by atoms with E-state index in [1.807, 2.05) is 7.05 Å². The van der Waals surface area contributed by atoms with Crippen molar-refractivity contribution in [1.29, 1.82) is 0 Å². The van der Waals surface area contributed by atoms with Gasteiger partial charge in [0.25, 0.3) is 0 Å². The molecule has 0 N–H and O–H groups in total. The second kappa shape index (κ2) is 7.10. The Bertz CT molecular complexity index is 1160. The summed E-state index contributed by atoms with van der Waals surface area (Å²) in [4.78, 5) is 0. The van der Waals surface area contributed by atoms with Crippen LogP contribution >= 0.6 is 7.81 Å². The molecule has 0 aliphatic carbocycles. The second-order valence-corrected chi connectivity index (χ2v) is 8.70. The van der Waals surface area contributed by atoms with Crippen molar-refractivity contribution in [2.45, 2.75) is 0 Å². The van der Waals surface area contributed by atoms with Crippen LogP contribution in [0.15, 0.2) is 91.3 Å². The first kappa shape index (κ1) is 21.8. The summed E-state index contributed by atoms with van der Waals surface area (Å²) in [5, 5.41) is 2.59. The molecule has 4 aromatic rings. The molecule has 0 fully saturated rings. The van der Waals surface area contributed by atoms with Crippen molar-refractivity contribution in [3.8, 4) is 22.3 Å². The number of pyridine rings is 1. The standard InChI is InChI=1S/C22H18N.F6P/c1-23-15-13-18(14-16-23)21-12-6-10-19-9-5-11-20(22(19)21)17-7-3-2-4-8-17;1-7(2,3,4,5)6/h2-16H,1H3;/q+1;-1. The minimum atomic E-state index is -10.7. The molecule has 30 heavy (non-hydrogen) atoms. The van der Waals surface area contributed by atoms with Crippen LogP contribution in [0.5, 0.6) is 0 Å². The van der Waals surface area contributed by atoms with Gasteiger partial charge < -0.3 is 0 Å². The minimum absolute atomic E-state index is 1.25. The first-order valence-electron chi connectivity index (χ1n) is 8.87. The summed E-state index contributed by atoms with van der Waals surface area (Å²) in [5.41, 5.74) is 5.07. The Kier molecular flexibility index (Phi) is 5.15. The number of hydrogen-bond acceptors (Lipinski definition) is 0. The van der Waals surface area contributed by atoms with E-state index in [4.69, 9.17) is 0 Å². The molecular formula is C22H18F6NP. The van der Waals surface area contributed by atoms with Crippen molar-refractivity contribution >= 4 is 18.6 Å². The van der Waals surface area contributed by atoms with Crippen LogP contribution in [0.25, 0.3) is 33.0 Å². The summed E-state index contributed by atoms with van der Waals surface area (Å²) in [7, 11) is -8.61. The van der Waals surface area contributed by atoms with Crippen molar-refractivity contribution in [2.24, 2.45) is 7.05 Å². The number of aryl methyl sites for hydroxylation is 1. The van der Waals surface area contributed by atoms with E-state index >= 15 is 0 Å². The van der Waals surface area contributed by atoms with Gasteiger partial charge in [0.1, 0.15) is 7.05 Å². The van der Waals surface area contributed by atoms with Crippen LogP contribution in [-0.4, -0.2) is 0 Å². The van der Waals surface area contributed by atoms with Gasteiger partial charge in [0.05, 0.1) is 0 Å². The van der Waals surface area contributed by atoms with Crippen molar-refractivity contribution in [2.75, 3.05) is 0 Å². The molecule has 0 saturated carbocycles. The molecule has 0 unspecified atom stereocenters. The molecule has 0 radical (unpaired) electrons. The van der Waals surface area contributed by atoms with Crippen LogP contribution in [0.3, 0.4) is 0 Å². The molecule has 0 aliphatic heterocycles. The van der Waals surface area contributed by atoms with E-state index in [1.165, 1.54) is 33.0 Å². The van der Waals surface area contributed by atoms with Crippen molar-refractivity contribution in [3.05, 3.63) is 91.3 Å². The molecule has 0 aliphatic rings. The van der Waals surface area contributed by atoms with Crippen LogP contribution < -0.4 is 4.57 Å². The topological polar surface area (TPSA) is 3.88 Å². The van der Waals surface area contributed by atoms with Gasteiger partial charge in [0.2, 0.25) is 0 Å². The number of hydrogen-bond donors (Lipinski definition) is 0. The van der Waals surface area contributed by atoms with Gasteiger partial charge in [0.15, 0.2) is 12.4 Å². The van der Waals surface area contributed by atoms with Crippen molar-refractivity contribution in [1.82, 2.24) is 0 Å².